The highest BCUT2D eigenvalue weighted by atomic mass is 35.5. The first-order valence-corrected chi connectivity index (χ1v) is 11.5. The normalized spacial score (nSPS) is 15.7. The standard InChI is InChI=1S/C23H21ClN2O4S/c1-15-3-8-18(9-4-15)25-23(27)22-14-26(20-13-17(24)7-12-21(20)30-22)31(28,29)19-10-5-16(2)6-11-19/h3-13,22H,14H2,1-2H3,(H,25,27)/t22-/m1/s1. The first kappa shape index (κ1) is 21.2. The third-order valence-corrected chi connectivity index (χ3v) is 7.04. The summed E-state index contributed by atoms with van der Waals surface area (Å²) in [5.41, 5.74) is 2.91. The molecule has 0 fully saturated rings. The molecule has 0 saturated carbocycles. The summed E-state index contributed by atoms with van der Waals surface area (Å²) >= 11 is 6.12. The minimum atomic E-state index is -3.94. The number of hydrogen-bond acceptors (Lipinski definition) is 4. The lowest BCUT2D eigenvalue weighted by Gasteiger charge is -2.34. The van der Waals surface area contributed by atoms with Gasteiger partial charge in [-0.25, -0.2) is 8.42 Å². The van der Waals surface area contributed by atoms with Crippen LogP contribution in [0.4, 0.5) is 11.4 Å². The summed E-state index contributed by atoms with van der Waals surface area (Å²) in [4.78, 5) is 13.0. The van der Waals surface area contributed by atoms with Crippen LogP contribution in [-0.4, -0.2) is 27.0 Å². The largest absolute Gasteiger partial charge is 0.476 e. The third-order valence-electron chi connectivity index (χ3n) is 5.01. The Balaban J connectivity index is 1.69. The molecule has 3 aromatic carbocycles. The van der Waals surface area contributed by atoms with Crippen LogP contribution in [0.2, 0.25) is 5.02 Å². The van der Waals surface area contributed by atoms with Crippen LogP contribution in [0.3, 0.4) is 0 Å². The van der Waals surface area contributed by atoms with Crippen LogP contribution in [0.25, 0.3) is 0 Å². The molecule has 0 spiro atoms. The van der Waals surface area contributed by atoms with E-state index in [0.29, 0.717) is 16.4 Å². The van der Waals surface area contributed by atoms with Gasteiger partial charge in [0, 0.05) is 10.7 Å². The van der Waals surface area contributed by atoms with Crippen LogP contribution in [0, 0.1) is 13.8 Å². The molecule has 1 amide bonds. The lowest BCUT2D eigenvalue weighted by atomic mass is 10.2. The van der Waals surface area contributed by atoms with Gasteiger partial charge in [0.05, 0.1) is 17.1 Å². The van der Waals surface area contributed by atoms with Crippen molar-refractivity contribution < 1.29 is 17.9 Å². The molecule has 1 aliphatic rings. The zero-order chi connectivity index (χ0) is 22.2. The van der Waals surface area contributed by atoms with Crippen molar-refractivity contribution in [1.29, 1.82) is 0 Å². The molecule has 0 radical (unpaired) electrons. The quantitative estimate of drug-likeness (QED) is 0.624. The molecule has 4 rings (SSSR count). The van der Waals surface area contributed by atoms with E-state index < -0.39 is 22.0 Å². The fourth-order valence-corrected chi connectivity index (χ4v) is 4.92. The van der Waals surface area contributed by atoms with Crippen molar-refractivity contribution >= 4 is 38.9 Å². The van der Waals surface area contributed by atoms with Gasteiger partial charge in [-0.15, -0.1) is 0 Å². The molecule has 0 saturated heterocycles. The summed E-state index contributed by atoms with van der Waals surface area (Å²) in [6.07, 6.45) is -1.03. The van der Waals surface area contributed by atoms with Crippen LogP contribution >= 0.6 is 11.6 Å². The van der Waals surface area contributed by atoms with Crippen molar-refractivity contribution in [2.24, 2.45) is 0 Å². The average Bonchev–Trinajstić information content (AvgIpc) is 2.74. The van der Waals surface area contributed by atoms with E-state index in [1.807, 2.05) is 26.0 Å². The lowest BCUT2D eigenvalue weighted by Crippen LogP contribution is -2.48. The van der Waals surface area contributed by atoms with E-state index in [9.17, 15) is 13.2 Å². The number of anilines is 2. The smallest absolute Gasteiger partial charge is 0.267 e. The topological polar surface area (TPSA) is 75.7 Å². The van der Waals surface area contributed by atoms with E-state index in [1.54, 1.807) is 48.5 Å². The molecule has 8 heteroatoms. The maximum Gasteiger partial charge on any atom is 0.267 e. The Hall–Kier alpha value is -3.03. The van der Waals surface area contributed by atoms with Crippen molar-refractivity contribution in [1.82, 2.24) is 0 Å². The highest BCUT2D eigenvalue weighted by Gasteiger charge is 2.37. The number of amides is 1. The lowest BCUT2D eigenvalue weighted by molar-refractivity contribution is -0.122. The third kappa shape index (κ3) is 4.38. The molecular formula is C23H21ClN2O4S. The number of rotatable bonds is 4. The van der Waals surface area contributed by atoms with Gasteiger partial charge in [0.25, 0.3) is 15.9 Å². The number of benzene rings is 3. The Kier molecular flexibility index (Phi) is 5.64. The number of sulfonamides is 1. The van der Waals surface area contributed by atoms with Crippen molar-refractivity contribution in [3.05, 3.63) is 82.9 Å². The Morgan fingerprint density at radius 2 is 1.61 bits per heavy atom. The Morgan fingerprint density at radius 1 is 1.00 bits per heavy atom. The summed E-state index contributed by atoms with van der Waals surface area (Å²) in [6.45, 7) is 3.65. The molecule has 160 valence electrons. The van der Waals surface area contributed by atoms with Gasteiger partial charge in [-0.05, 0) is 56.3 Å². The summed E-state index contributed by atoms with van der Waals surface area (Å²) in [5.74, 6) is -0.163. The van der Waals surface area contributed by atoms with Gasteiger partial charge in [-0.3, -0.25) is 9.10 Å². The Morgan fingerprint density at radius 3 is 2.26 bits per heavy atom. The molecule has 3 aromatic rings. The minimum absolute atomic E-state index is 0.128. The molecule has 6 nitrogen and oxygen atoms in total. The second-order valence-electron chi connectivity index (χ2n) is 7.42. The maximum absolute atomic E-state index is 13.4. The SMILES string of the molecule is Cc1ccc(NC(=O)[C@H]2CN(S(=O)(=O)c3ccc(C)cc3)c3cc(Cl)ccc3O2)cc1. The summed E-state index contributed by atoms with van der Waals surface area (Å²) in [7, 11) is -3.94. The zero-order valence-electron chi connectivity index (χ0n) is 17.0. The van der Waals surface area contributed by atoms with Gasteiger partial charge in [0.15, 0.2) is 6.10 Å². The highest BCUT2D eigenvalue weighted by Crippen LogP contribution is 2.39. The number of nitrogens with zero attached hydrogens (tertiary/aromatic N) is 1. The molecule has 0 aromatic heterocycles. The number of carbonyl (C=O) groups excluding carboxylic acids is 1. The molecule has 31 heavy (non-hydrogen) atoms. The average molecular weight is 457 g/mol. The van der Waals surface area contributed by atoms with E-state index >= 15 is 0 Å². The van der Waals surface area contributed by atoms with Gasteiger partial charge in [-0.1, -0.05) is 47.0 Å². The van der Waals surface area contributed by atoms with Crippen LogP contribution in [0.5, 0.6) is 5.75 Å². The number of fused-ring (bicyclic) bond motifs is 1. The van der Waals surface area contributed by atoms with Crippen molar-refractivity contribution in [2.45, 2.75) is 24.8 Å². The van der Waals surface area contributed by atoms with Crippen LogP contribution in [0.15, 0.2) is 71.6 Å². The predicted molar refractivity (Wildman–Crippen MR) is 121 cm³/mol. The minimum Gasteiger partial charge on any atom is -0.476 e. The predicted octanol–water partition coefficient (Wildman–Crippen LogP) is 4.55. The van der Waals surface area contributed by atoms with Crippen molar-refractivity contribution in [3.63, 3.8) is 0 Å². The molecule has 1 aliphatic heterocycles. The molecular weight excluding hydrogens is 436 g/mol. The molecule has 1 heterocycles. The summed E-state index contributed by atoms with van der Waals surface area (Å²) in [5, 5.41) is 3.16. The van der Waals surface area contributed by atoms with Crippen LogP contribution < -0.4 is 14.4 Å². The number of carbonyl (C=O) groups is 1. The molecule has 1 atom stereocenters. The molecule has 0 bridgehead atoms. The highest BCUT2D eigenvalue weighted by molar-refractivity contribution is 7.92. The summed E-state index contributed by atoms with van der Waals surface area (Å²) < 4.78 is 33.9. The van der Waals surface area contributed by atoms with Gasteiger partial charge in [0.2, 0.25) is 0 Å². The van der Waals surface area contributed by atoms with Crippen LogP contribution in [0.1, 0.15) is 11.1 Å². The number of halogens is 1. The molecule has 1 N–H and O–H groups in total. The first-order chi connectivity index (χ1) is 14.7. The fraction of sp³-hybridized carbons (Fsp3) is 0.174. The monoisotopic (exact) mass is 456 g/mol. The molecule has 0 unspecified atom stereocenters. The summed E-state index contributed by atoms with van der Waals surface area (Å²) in [6, 6.07) is 18.6. The van der Waals surface area contributed by atoms with E-state index in [1.165, 1.54) is 10.4 Å². The van der Waals surface area contributed by atoms with Gasteiger partial charge < -0.3 is 10.1 Å². The fourth-order valence-electron chi connectivity index (χ4n) is 3.29. The van der Waals surface area contributed by atoms with E-state index in [4.69, 9.17) is 16.3 Å². The second-order valence-corrected chi connectivity index (χ2v) is 9.72. The number of hydrogen-bond donors (Lipinski definition) is 1. The van der Waals surface area contributed by atoms with Gasteiger partial charge in [0.1, 0.15) is 5.75 Å². The Bertz CT molecular complexity index is 1230. The maximum atomic E-state index is 13.4. The first-order valence-electron chi connectivity index (χ1n) is 9.67. The van der Waals surface area contributed by atoms with Crippen LogP contribution in [-0.2, 0) is 14.8 Å². The van der Waals surface area contributed by atoms with E-state index in [-0.39, 0.29) is 17.2 Å². The van der Waals surface area contributed by atoms with E-state index in [2.05, 4.69) is 5.32 Å². The Labute approximate surface area is 186 Å². The second kappa shape index (κ2) is 8.24. The van der Waals surface area contributed by atoms with Crippen molar-refractivity contribution in [2.75, 3.05) is 16.2 Å². The van der Waals surface area contributed by atoms with Gasteiger partial charge in [-0.2, -0.15) is 0 Å². The number of nitrogens with one attached hydrogen (secondary N) is 1. The van der Waals surface area contributed by atoms with Gasteiger partial charge >= 0.3 is 0 Å². The van der Waals surface area contributed by atoms with E-state index in [0.717, 1.165) is 11.1 Å². The number of aryl methyl sites for hydroxylation is 2. The van der Waals surface area contributed by atoms with Crippen molar-refractivity contribution in [3.8, 4) is 5.75 Å². The molecule has 0 aliphatic carbocycles. The number of ether oxygens (including phenoxy) is 1. The zero-order valence-corrected chi connectivity index (χ0v) is 18.6.